The topological polar surface area (TPSA) is 73.0 Å². The molecule has 2 aromatic rings. The number of nitro groups is 1. The summed E-state index contributed by atoms with van der Waals surface area (Å²) in [4.78, 5) is 10.4. The van der Waals surface area contributed by atoms with Crippen molar-refractivity contribution < 1.29 is 4.92 Å². The van der Waals surface area contributed by atoms with Crippen molar-refractivity contribution in [3.05, 3.63) is 50.8 Å². The smallest absolute Gasteiger partial charge is 0.288 e. The number of aromatic nitrogens is 2. The number of nitrogens with zero attached hydrogens (tertiary/aromatic N) is 3. The van der Waals surface area contributed by atoms with Gasteiger partial charge in [-0.25, -0.2) is 4.68 Å². The van der Waals surface area contributed by atoms with Crippen LogP contribution in [0.4, 0.5) is 5.69 Å². The van der Waals surface area contributed by atoms with E-state index in [1.807, 2.05) is 12.3 Å². The Labute approximate surface area is 127 Å². The van der Waals surface area contributed by atoms with E-state index < -0.39 is 4.92 Å². The largest absolute Gasteiger partial charge is 0.311 e. The third kappa shape index (κ3) is 3.59. The molecule has 0 aliphatic heterocycles. The lowest BCUT2D eigenvalue weighted by Gasteiger charge is -2.07. The van der Waals surface area contributed by atoms with Gasteiger partial charge < -0.3 is 5.32 Å². The van der Waals surface area contributed by atoms with Gasteiger partial charge in [0.1, 0.15) is 5.02 Å². The monoisotopic (exact) mass is 308 g/mol. The summed E-state index contributed by atoms with van der Waals surface area (Å²) < 4.78 is 1.69. The van der Waals surface area contributed by atoms with Crippen LogP contribution < -0.4 is 5.32 Å². The van der Waals surface area contributed by atoms with Gasteiger partial charge in [-0.1, -0.05) is 18.5 Å². The molecule has 21 heavy (non-hydrogen) atoms. The highest BCUT2D eigenvalue weighted by Gasteiger charge is 2.16. The molecule has 0 saturated carbocycles. The molecule has 1 N–H and O–H groups in total. The molecule has 0 unspecified atom stereocenters. The standard InChI is InChI=1S/C14H17ClN4O2/c1-3-5-16-9-11-4-6-18(17-11)13-8-12(15)14(19(20)21)7-10(13)2/h4,6-8,16H,3,5,9H2,1-2H3. The lowest BCUT2D eigenvalue weighted by molar-refractivity contribution is -0.384. The predicted octanol–water partition coefficient (Wildman–Crippen LogP) is 3.24. The normalized spacial score (nSPS) is 10.8. The summed E-state index contributed by atoms with van der Waals surface area (Å²) in [6, 6.07) is 4.96. The summed E-state index contributed by atoms with van der Waals surface area (Å²) in [5.41, 5.74) is 2.32. The van der Waals surface area contributed by atoms with E-state index in [-0.39, 0.29) is 10.7 Å². The van der Waals surface area contributed by atoms with E-state index in [1.54, 1.807) is 17.7 Å². The van der Waals surface area contributed by atoms with Crippen LogP contribution in [0.15, 0.2) is 24.4 Å². The molecule has 6 nitrogen and oxygen atoms in total. The van der Waals surface area contributed by atoms with Gasteiger partial charge in [0.2, 0.25) is 0 Å². The minimum atomic E-state index is -0.484. The van der Waals surface area contributed by atoms with Gasteiger partial charge in [0, 0.05) is 18.8 Å². The van der Waals surface area contributed by atoms with E-state index >= 15 is 0 Å². The number of hydrogen-bond donors (Lipinski definition) is 1. The van der Waals surface area contributed by atoms with Crippen LogP contribution in [0.5, 0.6) is 0 Å². The van der Waals surface area contributed by atoms with Crippen LogP contribution in [0, 0.1) is 17.0 Å². The minimum Gasteiger partial charge on any atom is -0.311 e. The lowest BCUT2D eigenvalue weighted by Crippen LogP contribution is -2.14. The van der Waals surface area contributed by atoms with Crippen molar-refractivity contribution in [3.63, 3.8) is 0 Å². The first-order valence-corrected chi connectivity index (χ1v) is 7.11. The van der Waals surface area contributed by atoms with Gasteiger partial charge in [0.25, 0.3) is 5.69 Å². The number of halogens is 1. The second kappa shape index (κ2) is 6.69. The molecule has 0 amide bonds. The summed E-state index contributed by atoms with van der Waals surface area (Å²) in [6.07, 6.45) is 2.89. The first kappa shape index (κ1) is 15.5. The molecule has 1 heterocycles. The summed E-state index contributed by atoms with van der Waals surface area (Å²) in [5.74, 6) is 0. The second-order valence-electron chi connectivity index (χ2n) is 4.78. The van der Waals surface area contributed by atoms with E-state index in [4.69, 9.17) is 11.6 Å². The van der Waals surface area contributed by atoms with E-state index in [9.17, 15) is 10.1 Å². The molecule has 112 valence electrons. The summed E-state index contributed by atoms with van der Waals surface area (Å²) >= 11 is 5.96. The zero-order valence-corrected chi connectivity index (χ0v) is 12.7. The first-order chi connectivity index (χ1) is 10.0. The van der Waals surface area contributed by atoms with E-state index in [0.29, 0.717) is 6.54 Å². The predicted molar refractivity (Wildman–Crippen MR) is 82.0 cm³/mol. The summed E-state index contributed by atoms with van der Waals surface area (Å²) in [6.45, 7) is 5.54. The van der Waals surface area contributed by atoms with Gasteiger partial charge in [0.05, 0.1) is 16.3 Å². The molecule has 0 bridgehead atoms. The third-order valence-electron chi connectivity index (χ3n) is 3.09. The molecule has 0 spiro atoms. The average molecular weight is 309 g/mol. The van der Waals surface area contributed by atoms with Crippen molar-refractivity contribution in [2.75, 3.05) is 6.54 Å². The SMILES string of the molecule is CCCNCc1ccn(-c2cc(Cl)c([N+](=O)[O-])cc2C)n1. The molecule has 0 atom stereocenters. The van der Waals surface area contributed by atoms with Crippen molar-refractivity contribution >= 4 is 17.3 Å². The number of rotatable bonds is 6. The first-order valence-electron chi connectivity index (χ1n) is 6.73. The van der Waals surface area contributed by atoms with Crippen LogP contribution in [-0.4, -0.2) is 21.2 Å². The van der Waals surface area contributed by atoms with Gasteiger partial charge in [-0.15, -0.1) is 0 Å². The van der Waals surface area contributed by atoms with Crippen molar-refractivity contribution in [2.45, 2.75) is 26.8 Å². The number of nitro benzene ring substituents is 1. The van der Waals surface area contributed by atoms with Gasteiger partial charge in [-0.2, -0.15) is 5.10 Å². The average Bonchev–Trinajstić information content (AvgIpc) is 2.89. The Morgan fingerprint density at radius 1 is 1.48 bits per heavy atom. The van der Waals surface area contributed by atoms with Crippen molar-refractivity contribution in [1.82, 2.24) is 15.1 Å². The molecular weight excluding hydrogens is 292 g/mol. The Hall–Kier alpha value is -1.92. The second-order valence-corrected chi connectivity index (χ2v) is 5.18. The van der Waals surface area contributed by atoms with E-state index in [0.717, 1.165) is 29.9 Å². The molecule has 0 aliphatic carbocycles. The molecule has 0 aliphatic rings. The van der Waals surface area contributed by atoms with Gasteiger partial charge in [0.15, 0.2) is 0 Å². The van der Waals surface area contributed by atoms with Gasteiger partial charge >= 0.3 is 0 Å². The van der Waals surface area contributed by atoms with E-state index in [1.165, 1.54) is 6.07 Å². The maximum absolute atomic E-state index is 10.9. The Bertz CT molecular complexity index is 654. The van der Waals surface area contributed by atoms with Gasteiger partial charge in [-0.05, 0) is 37.6 Å². The highest BCUT2D eigenvalue weighted by molar-refractivity contribution is 6.32. The molecule has 1 aromatic heterocycles. The summed E-state index contributed by atoms with van der Waals surface area (Å²) in [7, 11) is 0. The van der Waals surface area contributed by atoms with Crippen LogP contribution in [0.25, 0.3) is 5.69 Å². The van der Waals surface area contributed by atoms with Crippen molar-refractivity contribution in [1.29, 1.82) is 0 Å². The van der Waals surface area contributed by atoms with Gasteiger partial charge in [-0.3, -0.25) is 10.1 Å². The zero-order chi connectivity index (χ0) is 15.4. The van der Waals surface area contributed by atoms with Crippen LogP contribution in [0.1, 0.15) is 24.6 Å². The number of nitrogens with one attached hydrogen (secondary N) is 1. The highest BCUT2D eigenvalue weighted by Crippen LogP contribution is 2.29. The quantitative estimate of drug-likeness (QED) is 0.505. The molecule has 0 fully saturated rings. The van der Waals surface area contributed by atoms with Crippen molar-refractivity contribution in [3.8, 4) is 5.69 Å². The maximum Gasteiger partial charge on any atom is 0.288 e. The number of benzene rings is 1. The molecule has 2 rings (SSSR count). The molecule has 7 heteroatoms. The fourth-order valence-corrected chi connectivity index (χ4v) is 2.25. The van der Waals surface area contributed by atoms with Crippen LogP contribution in [-0.2, 0) is 6.54 Å². The number of hydrogen-bond acceptors (Lipinski definition) is 4. The zero-order valence-electron chi connectivity index (χ0n) is 12.0. The highest BCUT2D eigenvalue weighted by atomic mass is 35.5. The van der Waals surface area contributed by atoms with Crippen molar-refractivity contribution in [2.24, 2.45) is 0 Å². The molecular formula is C14H17ClN4O2. The molecule has 0 saturated heterocycles. The fraction of sp³-hybridized carbons (Fsp3) is 0.357. The van der Waals surface area contributed by atoms with Crippen LogP contribution in [0.2, 0.25) is 5.02 Å². The minimum absolute atomic E-state index is 0.0880. The molecule has 1 aromatic carbocycles. The summed E-state index contributed by atoms with van der Waals surface area (Å²) in [5, 5.41) is 18.7. The third-order valence-corrected chi connectivity index (χ3v) is 3.39. The fourth-order valence-electron chi connectivity index (χ4n) is 2.03. The number of aryl methyl sites for hydroxylation is 1. The van der Waals surface area contributed by atoms with Crippen LogP contribution in [0.3, 0.4) is 0 Å². The Morgan fingerprint density at radius 3 is 2.90 bits per heavy atom. The Balaban J connectivity index is 2.26. The van der Waals surface area contributed by atoms with Crippen LogP contribution >= 0.6 is 11.6 Å². The Morgan fingerprint density at radius 2 is 2.24 bits per heavy atom. The lowest BCUT2D eigenvalue weighted by atomic mass is 10.2. The Kier molecular flexibility index (Phi) is 4.93. The van der Waals surface area contributed by atoms with E-state index in [2.05, 4.69) is 17.3 Å². The molecule has 0 radical (unpaired) electrons. The maximum atomic E-state index is 10.9.